The number of aromatic nitrogens is 1. The van der Waals surface area contributed by atoms with Gasteiger partial charge in [-0.2, -0.15) is 11.8 Å². The van der Waals surface area contributed by atoms with E-state index < -0.39 is 6.10 Å². The number of thioether (sulfide) groups is 1. The Morgan fingerprint density at radius 1 is 1.58 bits per heavy atom. The molecule has 1 aliphatic heterocycles. The van der Waals surface area contributed by atoms with Crippen LogP contribution in [0.3, 0.4) is 0 Å². The van der Waals surface area contributed by atoms with Crippen molar-refractivity contribution in [2.45, 2.75) is 31.1 Å². The average molecular weight is 284 g/mol. The molecule has 5 heteroatoms. The highest BCUT2D eigenvalue weighted by Crippen LogP contribution is 2.22. The smallest absolute Gasteiger partial charge is 0.141 e. The van der Waals surface area contributed by atoms with Crippen molar-refractivity contribution in [1.29, 1.82) is 0 Å². The van der Waals surface area contributed by atoms with Gasteiger partial charge in [0, 0.05) is 30.6 Å². The van der Waals surface area contributed by atoms with Crippen molar-refractivity contribution >= 4 is 11.8 Å². The quantitative estimate of drug-likeness (QED) is 0.901. The average Bonchev–Trinajstić information content (AvgIpc) is 2.46. The van der Waals surface area contributed by atoms with Crippen LogP contribution < -0.4 is 0 Å². The topological polar surface area (TPSA) is 36.4 Å². The molecule has 2 rings (SSSR count). The number of rotatable bonds is 5. The van der Waals surface area contributed by atoms with E-state index in [9.17, 15) is 9.50 Å². The molecule has 2 unspecified atom stereocenters. The number of aliphatic hydroxyl groups is 1. The predicted molar refractivity (Wildman–Crippen MR) is 76.7 cm³/mol. The molecule has 1 aromatic rings. The van der Waals surface area contributed by atoms with Crippen molar-refractivity contribution in [3.8, 4) is 0 Å². The fraction of sp³-hybridized carbons (Fsp3) is 0.643. The molecule has 1 fully saturated rings. The van der Waals surface area contributed by atoms with Gasteiger partial charge in [0.25, 0.3) is 0 Å². The zero-order valence-corrected chi connectivity index (χ0v) is 12.1. The molecule has 2 atom stereocenters. The Morgan fingerprint density at radius 2 is 2.42 bits per heavy atom. The highest BCUT2D eigenvalue weighted by Gasteiger charge is 2.19. The largest absolute Gasteiger partial charge is 0.387 e. The van der Waals surface area contributed by atoms with Crippen LogP contribution in [0.5, 0.6) is 0 Å². The van der Waals surface area contributed by atoms with Gasteiger partial charge in [0.05, 0.1) is 18.0 Å². The monoisotopic (exact) mass is 284 g/mol. The molecule has 0 spiro atoms. The molecule has 106 valence electrons. The van der Waals surface area contributed by atoms with E-state index in [0.717, 1.165) is 31.1 Å². The third-order valence-electron chi connectivity index (χ3n) is 3.49. The van der Waals surface area contributed by atoms with Crippen LogP contribution in [0.2, 0.25) is 0 Å². The molecule has 0 radical (unpaired) electrons. The van der Waals surface area contributed by atoms with Crippen molar-refractivity contribution in [2.24, 2.45) is 0 Å². The highest BCUT2D eigenvalue weighted by atomic mass is 32.2. The molecule has 1 N–H and O–H groups in total. The molecule has 19 heavy (non-hydrogen) atoms. The van der Waals surface area contributed by atoms with Crippen LogP contribution in [0.4, 0.5) is 4.39 Å². The molecule has 0 aromatic carbocycles. The van der Waals surface area contributed by atoms with E-state index in [1.165, 1.54) is 18.2 Å². The van der Waals surface area contributed by atoms with Crippen LogP contribution in [0.25, 0.3) is 0 Å². The Bertz CT molecular complexity index is 388. The molecular formula is C14H21FN2OS. The zero-order valence-electron chi connectivity index (χ0n) is 11.3. The molecule has 2 heterocycles. The summed E-state index contributed by atoms with van der Waals surface area (Å²) in [5.41, 5.74) is 0.555. The van der Waals surface area contributed by atoms with Crippen LogP contribution in [-0.2, 0) is 0 Å². The van der Waals surface area contributed by atoms with E-state index in [-0.39, 0.29) is 5.82 Å². The molecule has 3 nitrogen and oxygen atoms in total. The lowest BCUT2D eigenvalue weighted by molar-refractivity contribution is 0.139. The maximum atomic E-state index is 12.8. The Labute approximate surface area is 118 Å². The summed E-state index contributed by atoms with van der Waals surface area (Å²) < 4.78 is 12.8. The lowest BCUT2D eigenvalue weighted by Gasteiger charge is -2.32. The van der Waals surface area contributed by atoms with Crippen molar-refractivity contribution in [1.82, 2.24) is 9.88 Å². The number of aliphatic hydroxyl groups excluding tert-OH is 1. The van der Waals surface area contributed by atoms with Crippen molar-refractivity contribution < 1.29 is 9.50 Å². The maximum Gasteiger partial charge on any atom is 0.141 e. The molecule has 1 saturated heterocycles. The van der Waals surface area contributed by atoms with E-state index in [2.05, 4.69) is 16.8 Å². The van der Waals surface area contributed by atoms with Crippen molar-refractivity contribution in [3.05, 3.63) is 29.8 Å². The first-order valence-electron chi connectivity index (χ1n) is 6.82. The SMILES string of the molecule is CCC1CN(CCC(O)c2ccc(F)cn2)CCS1. The maximum absolute atomic E-state index is 12.8. The van der Waals surface area contributed by atoms with Crippen LogP contribution in [-0.4, -0.2) is 45.6 Å². The summed E-state index contributed by atoms with van der Waals surface area (Å²) in [5, 5.41) is 10.8. The minimum Gasteiger partial charge on any atom is -0.387 e. The second kappa shape index (κ2) is 7.22. The Kier molecular flexibility index (Phi) is 5.60. The van der Waals surface area contributed by atoms with E-state index in [4.69, 9.17) is 0 Å². The first-order valence-corrected chi connectivity index (χ1v) is 7.87. The van der Waals surface area contributed by atoms with Crippen LogP contribution in [0.15, 0.2) is 18.3 Å². The summed E-state index contributed by atoms with van der Waals surface area (Å²) in [5.74, 6) is 0.804. The van der Waals surface area contributed by atoms with Crippen LogP contribution in [0, 0.1) is 5.82 Å². The molecule has 0 aliphatic carbocycles. The standard InChI is InChI=1S/C14H21FN2OS/c1-2-12-10-17(7-8-19-12)6-5-14(18)13-4-3-11(15)9-16-13/h3-4,9,12,14,18H,2,5-8,10H2,1H3. The minimum atomic E-state index is -0.602. The fourth-order valence-corrected chi connectivity index (χ4v) is 3.52. The first-order chi connectivity index (χ1) is 9.19. The van der Waals surface area contributed by atoms with Crippen molar-refractivity contribution in [2.75, 3.05) is 25.4 Å². The zero-order chi connectivity index (χ0) is 13.7. The van der Waals surface area contributed by atoms with Gasteiger partial charge in [-0.15, -0.1) is 0 Å². The van der Waals surface area contributed by atoms with E-state index >= 15 is 0 Å². The number of pyridine rings is 1. The Balaban J connectivity index is 1.79. The lowest BCUT2D eigenvalue weighted by atomic mass is 10.1. The van der Waals surface area contributed by atoms with Gasteiger partial charge in [-0.25, -0.2) is 4.39 Å². The summed E-state index contributed by atoms with van der Waals surface area (Å²) in [6, 6.07) is 2.90. The summed E-state index contributed by atoms with van der Waals surface area (Å²) >= 11 is 2.04. The molecule has 1 aromatic heterocycles. The summed E-state index contributed by atoms with van der Waals surface area (Å²) in [4.78, 5) is 6.33. The van der Waals surface area contributed by atoms with Crippen LogP contribution in [0.1, 0.15) is 31.6 Å². The van der Waals surface area contributed by atoms with Gasteiger partial charge in [0.1, 0.15) is 5.82 Å². The summed E-state index contributed by atoms with van der Waals surface area (Å²) in [7, 11) is 0. The lowest BCUT2D eigenvalue weighted by Crippen LogP contribution is -2.38. The normalized spacial score (nSPS) is 22.4. The van der Waals surface area contributed by atoms with Gasteiger partial charge in [0.15, 0.2) is 0 Å². The van der Waals surface area contributed by atoms with Gasteiger partial charge in [-0.1, -0.05) is 6.92 Å². The van der Waals surface area contributed by atoms with Crippen LogP contribution >= 0.6 is 11.8 Å². The van der Waals surface area contributed by atoms with Gasteiger partial charge in [-0.05, 0) is 25.0 Å². The predicted octanol–water partition coefficient (Wildman–Crippen LogP) is 2.47. The third-order valence-corrected chi connectivity index (χ3v) is 4.86. The minimum absolute atomic E-state index is 0.366. The number of hydrogen-bond donors (Lipinski definition) is 1. The first kappa shape index (κ1) is 14.8. The Hall–Kier alpha value is -0.650. The van der Waals surface area contributed by atoms with Gasteiger partial charge in [-0.3, -0.25) is 4.98 Å². The number of hydrogen-bond acceptors (Lipinski definition) is 4. The van der Waals surface area contributed by atoms with Gasteiger partial charge < -0.3 is 10.0 Å². The third kappa shape index (κ3) is 4.44. The number of halogens is 1. The van der Waals surface area contributed by atoms with Crippen molar-refractivity contribution in [3.63, 3.8) is 0 Å². The molecular weight excluding hydrogens is 263 g/mol. The summed E-state index contributed by atoms with van der Waals surface area (Å²) in [6.07, 6.45) is 2.40. The molecule has 0 bridgehead atoms. The van der Waals surface area contributed by atoms with E-state index in [1.807, 2.05) is 11.8 Å². The highest BCUT2D eigenvalue weighted by molar-refractivity contribution is 8.00. The second-order valence-electron chi connectivity index (χ2n) is 4.91. The van der Waals surface area contributed by atoms with Gasteiger partial charge >= 0.3 is 0 Å². The Morgan fingerprint density at radius 3 is 3.11 bits per heavy atom. The molecule has 1 aliphatic rings. The van der Waals surface area contributed by atoms with Gasteiger partial charge in [0.2, 0.25) is 0 Å². The molecule has 0 saturated carbocycles. The second-order valence-corrected chi connectivity index (χ2v) is 6.32. The fourth-order valence-electron chi connectivity index (χ4n) is 2.27. The summed E-state index contributed by atoms with van der Waals surface area (Å²) in [6.45, 7) is 5.28. The number of nitrogens with zero attached hydrogens (tertiary/aromatic N) is 2. The van der Waals surface area contributed by atoms with E-state index in [1.54, 1.807) is 6.07 Å². The molecule has 0 amide bonds. The van der Waals surface area contributed by atoms with E-state index in [0.29, 0.717) is 12.1 Å².